The van der Waals surface area contributed by atoms with E-state index in [9.17, 15) is 0 Å². The second kappa shape index (κ2) is 8.92. The van der Waals surface area contributed by atoms with Crippen molar-refractivity contribution in [3.8, 4) is 11.5 Å². The molecule has 0 aliphatic carbocycles. The molecule has 1 atom stereocenters. The van der Waals surface area contributed by atoms with Gasteiger partial charge < -0.3 is 19.3 Å². The predicted molar refractivity (Wildman–Crippen MR) is 111 cm³/mol. The zero-order valence-corrected chi connectivity index (χ0v) is 18.2. The molecule has 1 fully saturated rings. The molecule has 1 aliphatic heterocycles. The molecule has 0 spiro atoms. The second-order valence-corrected chi connectivity index (χ2v) is 8.57. The van der Waals surface area contributed by atoms with Gasteiger partial charge in [-0.2, -0.15) is 0 Å². The van der Waals surface area contributed by atoms with Crippen LogP contribution in [0.15, 0.2) is 30.9 Å². The van der Waals surface area contributed by atoms with Crippen molar-refractivity contribution in [2.75, 3.05) is 46.9 Å². The molecule has 0 amide bonds. The monoisotopic (exact) mass is 402 g/mol. The highest BCUT2D eigenvalue weighted by atomic mass is 16.5. The average Bonchev–Trinajstić information content (AvgIpc) is 3.19. The minimum atomic E-state index is -0.205. The van der Waals surface area contributed by atoms with E-state index in [0.717, 1.165) is 55.6 Å². The van der Waals surface area contributed by atoms with E-state index in [2.05, 4.69) is 55.0 Å². The molecule has 29 heavy (non-hydrogen) atoms. The molecule has 0 radical (unpaired) electrons. The molecule has 0 saturated carbocycles. The Balaban J connectivity index is 2.02. The SMILES string of the molecule is C=CC[NH+]1CC[NH+]([C@@H](c2ccc(OC)c(OC)c2)c2nnnn2C(C)(C)C)CC1. The lowest BCUT2D eigenvalue weighted by Crippen LogP contribution is -3.28. The van der Waals surface area contributed by atoms with E-state index in [4.69, 9.17) is 9.47 Å². The number of ether oxygens (including phenoxy) is 2. The average molecular weight is 403 g/mol. The van der Waals surface area contributed by atoms with Crippen molar-refractivity contribution < 1.29 is 19.3 Å². The number of hydrogen-bond donors (Lipinski definition) is 2. The van der Waals surface area contributed by atoms with Gasteiger partial charge in [0.15, 0.2) is 17.5 Å². The van der Waals surface area contributed by atoms with E-state index in [0.29, 0.717) is 0 Å². The minimum absolute atomic E-state index is 0.0225. The number of piperazine rings is 1. The van der Waals surface area contributed by atoms with Crippen molar-refractivity contribution in [2.24, 2.45) is 0 Å². The van der Waals surface area contributed by atoms with Crippen LogP contribution in [0.3, 0.4) is 0 Å². The Bertz CT molecular complexity index is 821. The number of methoxy groups -OCH3 is 2. The zero-order chi connectivity index (χ0) is 21.0. The Kier molecular flexibility index (Phi) is 6.54. The summed E-state index contributed by atoms with van der Waals surface area (Å²) in [6.07, 6.45) is 2.01. The summed E-state index contributed by atoms with van der Waals surface area (Å²) < 4.78 is 13.0. The smallest absolute Gasteiger partial charge is 0.214 e. The fraction of sp³-hybridized carbons (Fsp3) is 0.571. The van der Waals surface area contributed by atoms with E-state index in [1.807, 2.05) is 16.8 Å². The summed E-state index contributed by atoms with van der Waals surface area (Å²) in [6.45, 7) is 15.6. The molecule has 3 rings (SSSR count). The molecule has 158 valence electrons. The molecular weight excluding hydrogens is 368 g/mol. The summed E-state index contributed by atoms with van der Waals surface area (Å²) in [5.74, 6) is 2.33. The molecular formula is C21H34N6O2+2. The summed E-state index contributed by atoms with van der Waals surface area (Å²) in [5.41, 5.74) is 0.924. The molecule has 0 unspecified atom stereocenters. The van der Waals surface area contributed by atoms with E-state index in [1.165, 1.54) is 4.90 Å². The molecule has 1 aromatic carbocycles. The first kappa shape index (κ1) is 21.3. The lowest BCUT2D eigenvalue weighted by Gasteiger charge is -2.35. The first-order valence-electron chi connectivity index (χ1n) is 10.2. The lowest BCUT2D eigenvalue weighted by molar-refractivity contribution is -1.02. The summed E-state index contributed by atoms with van der Waals surface area (Å²) in [5, 5.41) is 12.8. The van der Waals surface area contributed by atoms with Gasteiger partial charge in [-0.15, -0.1) is 5.10 Å². The van der Waals surface area contributed by atoms with E-state index >= 15 is 0 Å². The van der Waals surface area contributed by atoms with Crippen molar-refractivity contribution in [1.82, 2.24) is 20.2 Å². The number of rotatable bonds is 7. The van der Waals surface area contributed by atoms with Gasteiger partial charge in [0.25, 0.3) is 0 Å². The normalized spacial score (nSPS) is 20.9. The highest BCUT2D eigenvalue weighted by Gasteiger charge is 2.37. The van der Waals surface area contributed by atoms with Crippen molar-refractivity contribution >= 4 is 0 Å². The Morgan fingerprint density at radius 3 is 2.41 bits per heavy atom. The summed E-state index contributed by atoms with van der Waals surface area (Å²) in [7, 11) is 3.32. The third-order valence-electron chi connectivity index (χ3n) is 5.57. The van der Waals surface area contributed by atoms with Gasteiger partial charge in [-0.1, -0.05) is 6.58 Å². The summed E-state index contributed by atoms with van der Waals surface area (Å²) in [4.78, 5) is 3.04. The highest BCUT2D eigenvalue weighted by molar-refractivity contribution is 5.44. The zero-order valence-electron chi connectivity index (χ0n) is 18.2. The van der Waals surface area contributed by atoms with Gasteiger partial charge in [0.05, 0.1) is 26.3 Å². The molecule has 8 nitrogen and oxygen atoms in total. The fourth-order valence-corrected chi connectivity index (χ4v) is 4.07. The fourth-order valence-electron chi connectivity index (χ4n) is 4.07. The van der Waals surface area contributed by atoms with Crippen LogP contribution in [0.1, 0.15) is 38.2 Å². The highest BCUT2D eigenvalue weighted by Crippen LogP contribution is 2.31. The van der Waals surface area contributed by atoms with Crippen LogP contribution >= 0.6 is 0 Å². The van der Waals surface area contributed by atoms with Crippen LogP contribution in [0, 0.1) is 0 Å². The second-order valence-electron chi connectivity index (χ2n) is 8.57. The van der Waals surface area contributed by atoms with E-state index in [1.54, 1.807) is 19.1 Å². The number of benzene rings is 1. The molecule has 1 aromatic heterocycles. The Morgan fingerprint density at radius 1 is 1.14 bits per heavy atom. The maximum Gasteiger partial charge on any atom is 0.214 e. The van der Waals surface area contributed by atoms with Crippen molar-refractivity contribution in [2.45, 2.75) is 32.4 Å². The quantitative estimate of drug-likeness (QED) is 0.612. The van der Waals surface area contributed by atoms with Gasteiger partial charge in [-0.25, -0.2) is 4.68 Å². The van der Waals surface area contributed by atoms with Gasteiger partial charge in [-0.05, 0) is 55.5 Å². The molecule has 2 aromatic rings. The largest absolute Gasteiger partial charge is 0.493 e. The Morgan fingerprint density at radius 2 is 1.83 bits per heavy atom. The molecule has 0 bridgehead atoms. The number of hydrogen-bond acceptors (Lipinski definition) is 5. The van der Waals surface area contributed by atoms with E-state index in [-0.39, 0.29) is 11.6 Å². The maximum atomic E-state index is 5.57. The molecule has 8 heteroatoms. The molecule has 2 heterocycles. The van der Waals surface area contributed by atoms with Crippen LogP contribution in [-0.4, -0.2) is 67.2 Å². The first-order valence-corrected chi connectivity index (χ1v) is 10.2. The maximum absolute atomic E-state index is 5.57. The molecule has 1 aliphatic rings. The first-order chi connectivity index (χ1) is 13.9. The van der Waals surface area contributed by atoms with Crippen molar-refractivity contribution in [1.29, 1.82) is 0 Å². The minimum Gasteiger partial charge on any atom is -0.493 e. The van der Waals surface area contributed by atoms with Crippen LogP contribution in [-0.2, 0) is 5.54 Å². The van der Waals surface area contributed by atoms with Gasteiger partial charge in [0.1, 0.15) is 26.2 Å². The summed E-state index contributed by atoms with van der Waals surface area (Å²) in [6, 6.07) is 6.14. The lowest BCUT2D eigenvalue weighted by atomic mass is 10.0. The Labute approximate surface area is 173 Å². The van der Waals surface area contributed by atoms with Crippen LogP contribution in [0.25, 0.3) is 0 Å². The standard InChI is InChI=1S/C21H32N6O2/c1-7-10-25-11-13-26(14-12-25)19(20-22-23-24-27(20)21(2,3)4)16-8-9-17(28-5)18(15-16)29-6/h7-9,15,19H,1,10-14H2,2-6H3/p+2/t19-/m0/s1. The topological polar surface area (TPSA) is 70.9 Å². The number of nitrogens with one attached hydrogen (secondary N) is 2. The third-order valence-corrected chi connectivity index (χ3v) is 5.57. The van der Waals surface area contributed by atoms with Crippen LogP contribution in [0.5, 0.6) is 11.5 Å². The van der Waals surface area contributed by atoms with Crippen molar-refractivity contribution in [3.05, 3.63) is 42.2 Å². The van der Waals surface area contributed by atoms with Crippen LogP contribution in [0.2, 0.25) is 0 Å². The Hall–Kier alpha value is -2.45. The van der Waals surface area contributed by atoms with Crippen LogP contribution < -0.4 is 19.3 Å². The van der Waals surface area contributed by atoms with Gasteiger partial charge in [0, 0.05) is 5.56 Å². The number of aromatic nitrogens is 4. The molecule has 2 N–H and O–H groups in total. The van der Waals surface area contributed by atoms with Gasteiger partial charge in [0.2, 0.25) is 5.82 Å². The van der Waals surface area contributed by atoms with Crippen molar-refractivity contribution in [3.63, 3.8) is 0 Å². The predicted octanol–water partition coefficient (Wildman–Crippen LogP) is -0.496. The number of quaternary nitrogens is 2. The van der Waals surface area contributed by atoms with Gasteiger partial charge in [-0.3, -0.25) is 0 Å². The van der Waals surface area contributed by atoms with Gasteiger partial charge >= 0.3 is 0 Å². The number of tetrazole rings is 1. The number of nitrogens with zero attached hydrogens (tertiary/aromatic N) is 4. The molecule has 1 saturated heterocycles. The third kappa shape index (κ3) is 4.59. The summed E-state index contributed by atoms with van der Waals surface area (Å²) >= 11 is 0. The van der Waals surface area contributed by atoms with E-state index < -0.39 is 0 Å². The van der Waals surface area contributed by atoms with Crippen LogP contribution in [0.4, 0.5) is 0 Å².